The first kappa shape index (κ1) is 19.6. The maximum Gasteiger partial charge on any atom is 0.338 e. The average Bonchev–Trinajstić information content (AvgIpc) is 3.02. The number of anilines is 3. The molecule has 0 atom stereocenters. The first-order valence-corrected chi connectivity index (χ1v) is 9.63. The second-order valence-electron chi connectivity index (χ2n) is 6.30. The van der Waals surface area contributed by atoms with Gasteiger partial charge in [-0.15, -0.1) is 0 Å². The summed E-state index contributed by atoms with van der Waals surface area (Å²) < 4.78 is 4.97. The summed E-state index contributed by atoms with van der Waals surface area (Å²) in [6.07, 6.45) is 0. The minimum Gasteiger partial charge on any atom is -0.462 e. The van der Waals surface area contributed by atoms with Crippen molar-refractivity contribution in [3.05, 3.63) is 69.6 Å². The second kappa shape index (κ2) is 8.22. The van der Waals surface area contributed by atoms with Crippen LogP contribution in [0.15, 0.2) is 42.5 Å². The number of carbonyl (C=O) groups excluding carboxylic acids is 2. The van der Waals surface area contributed by atoms with Crippen molar-refractivity contribution in [2.24, 2.45) is 0 Å². The molecule has 28 heavy (non-hydrogen) atoms. The molecule has 3 aromatic rings. The van der Waals surface area contributed by atoms with E-state index in [-0.39, 0.29) is 17.6 Å². The van der Waals surface area contributed by atoms with E-state index in [4.69, 9.17) is 10.5 Å². The Morgan fingerprint density at radius 2 is 1.86 bits per heavy atom. The molecule has 3 rings (SSSR count). The number of esters is 1. The Morgan fingerprint density at radius 3 is 2.50 bits per heavy atom. The molecule has 0 aliphatic carbocycles. The summed E-state index contributed by atoms with van der Waals surface area (Å²) >= 11 is 1.20. The molecule has 0 saturated heterocycles. The van der Waals surface area contributed by atoms with Gasteiger partial charge in [0.05, 0.1) is 12.2 Å². The molecule has 3 N–H and O–H groups in total. The van der Waals surface area contributed by atoms with Gasteiger partial charge in [-0.3, -0.25) is 4.79 Å². The van der Waals surface area contributed by atoms with Crippen LogP contribution in [0.3, 0.4) is 0 Å². The molecule has 1 heterocycles. The van der Waals surface area contributed by atoms with Crippen molar-refractivity contribution in [1.82, 2.24) is 4.98 Å². The summed E-state index contributed by atoms with van der Waals surface area (Å²) in [6, 6.07) is 12.5. The van der Waals surface area contributed by atoms with Gasteiger partial charge in [-0.1, -0.05) is 35.1 Å². The van der Waals surface area contributed by atoms with Gasteiger partial charge >= 0.3 is 5.97 Å². The third kappa shape index (κ3) is 4.20. The number of nitrogens with zero attached hydrogens (tertiary/aromatic N) is 1. The molecule has 0 fully saturated rings. The van der Waals surface area contributed by atoms with Crippen LogP contribution in [0.5, 0.6) is 0 Å². The quantitative estimate of drug-likeness (QED) is 0.472. The number of ketones is 1. The largest absolute Gasteiger partial charge is 0.462 e. The van der Waals surface area contributed by atoms with Crippen LogP contribution in [0.25, 0.3) is 0 Å². The Labute approximate surface area is 167 Å². The highest BCUT2D eigenvalue weighted by Crippen LogP contribution is 2.30. The van der Waals surface area contributed by atoms with Gasteiger partial charge in [0, 0.05) is 11.3 Å². The highest BCUT2D eigenvalue weighted by Gasteiger charge is 2.19. The number of nitrogen functional groups attached to an aromatic ring is 1. The molecule has 0 spiro atoms. The number of aryl methyl sites for hydroxylation is 2. The lowest BCUT2D eigenvalue weighted by Gasteiger charge is -2.05. The number of nitrogens with one attached hydrogen (secondary N) is 1. The van der Waals surface area contributed by atoms with Gasteiger partial charge in [0.1, 0.15) is 10.7 Å². The fourth-order valence-electron chi connectivity index (χ4n) is 2.77. The number of thiazole rings is 1. The lowest BCUT2D eigenvalue weighted by atomic mass is 10.0. The van der Waals surface area contributed by atoms with E-state index in [1.807, 2.05) is 32.0 Å². The third-order valence-corrected chi connectivity index (χ3v) is 5.12. The van der Waals surface area contributed by atoms with Gasteiger partial charge in [-0.2, -0.15) is 0 Å². The molecule has 0 unspecified atom stereocenters. The molecule has 0 aliphatic heterocycles. The van der Waals surface area contributed by atoms with Crippen molar-refractivity contribution in [3.8, 4) is 0 Å². The first-order valence-electron chi connectivity index (χ1n) is 8.81. The lowest BCUT2D eigenvalue weighted by Crippen LogP contribution is -2.04. The highest BCUT2D eigenvalue weighted by molar-refractivity contribution is 7.18. The fourth-order valence-corrected chi connectivity index (χ4v) is 3.63. The van der Waals surface area contributed by atoms with Crippen LogP contribution in [-0.2, 0) is 4.74 Å². The number of ether oxygens (including phenoxy) is 1. The molecule has 0 radical (unpaired) electrons. The van der Waals surface area contributed by atoms with Gasteiger partial charge in [-0.25, -0.2) is 9.78 Å². The monoisotopic (exact) mass is 395 g/mol. The van der Waals surface area contributed by atoms with Gasteiger partial charge in [-0.05, 0) is 50.6 Å². The Kier molecular flexibility index (Phi) is 5.75. The molecule has 144 valence electrons. The van der Waals surface area contributed by atoms with E-state index < -0.39 is 0 Å². The number of carbonyl (C=O) groups is 2. The maximum absolute atomic E-state index is 12.9. The van der Waals surface area contributed by atoms with Crippen LogP contribution in [0.1, 0.15) is 43.6 Å². The standard InChI is InChI=1S/C21H21N3O3S/c1-4-27-20(26)14-6-8-15(9-7-14)23-21-24-19(22)18(28-21)17(25)16-10-5-12(2)11-13(16)3/h5-11H,4,22H2,1-3H3,(H,23,24). The summed E-state index contributed by atoms with van der Waals surface area (Å²) in [4.78, 5) is 29.2. The van der Waals surface area contributed by atoms with Crippen LogP contribution in [0, 0.1) is 13.8 Å². The van der Waals surface area contributed by atoms with Gasteiger partial charge in [0.2, 0.25) is 5.78 Å². The smallest absolute Gasteiger partial charge is 0.338 e. The Balaban J connectivity index is 1.78. The van der Waals surface area contributed by atoms with Gasteiger partial charge in [0.25, 0.3) is 0 Å². The molecule has 0 saturated carbocycles. The van der Waals surface area contributed by atoms with E-state index in [2.05, 4.69) is 10.3 Å². The number of nitrogens with two attached hydrogens (primary N) is 1. The molecular formula is C21H21N3O3S. The lowest BCUT2D eigenvalue weighted by molar-refractivity contribution is 0.0526. The molecule has 0 bridgehead atoms. The normalized spacial score (nSPS) is 10.5. The van der Waals surface area contributed by atoms with E-state index in [0.29, 0.717) is 27.7 Å². The number of aromatic nitrogens is 1. The SMILES string of the molecule is CCOC(=O)c1ccc(Nc2nc(N)c(C(=O)c3ccc(C)cc3C)s2)cc1. The van der Waals surface area contributed by atoms with Gasteiger partial charge in [0.15, 0.2) is 5.13 Å². The van der Waals surface area contributed by atoms with Crippen molar-refractivity contribution in [2.75, 3.05) is 17.7 Å². The fraction of sp³-hybridized carbons (Fsp3) is 0.190. The zero-order valence-electron chi connectivity index (χ0n) is 15.9. The number of hydrogen-bond acceptors (Lipinski definition) is 7. The van der Waals surface area contributed by atoms with E-state index in [1.165, 1.54) is 11.3 Å². The average molecular weight is 395 g/mol. The molecular weight excluding hydrogens is 374 g/mol. The third-order valence-electron chi connectivity index (χ3n) is 4.13. The maximum atomic E-state index is 12.9. The Bertz CT molecular complexity index is 1030. The van der Waals surface area contributed by atoms with Crippen molar-refractivity contribution in [3.63, 3.8) is 0 Å². The highest BCUT2D eigenvalue weighted by atomic mass is 32.1. The van der Waals surface area contributed by atoms with Crippen LogP contribution < -0.4 is 11.1 Å². The van der Waals surface area contributed by atoms with Crippen molar-refractivity contribution in [1.29, 1.82) is 0 Å². The predicted molar refractivity (Wildman–Crippen MR) is 112 cm³/mol. The Morgan fingerprint density at radius 1 is 1.14 bits per heavy atom. The molecule has 6 nitrogen and oxygen atoms in total. The summed E-state index contributed by atoms with van der Waals surface area (Å²) in [5, 5.41) is 3.63. The molecule has 7 heteroatoms. The van der Waals surface area contributed by atoms with Crippen molar-refractivity contribution in [2.45, 2.75) is 20.8 Å². The first-order chi connectivity index (χ1) is 13.4. The topological polar surface area (TPSA) is 94.3 Å². The van der Waals surface area contributed by atoms with Gasteiger partial charge < -0.3 is 15.8 Å². The molecule has 0 aliphatic rings. The Hall–Kier alpha value is -3.19. The number of benzene rings is 2. The minimum absolute atomic E-state index is 0.141. The summed E-state index contributed by atoms with van der Waals surface area (Å²) in [5.74, 6) is -0.312. The molecule has 1 aromatic heterocycles. The van der Waals surface area contributed by atoms with Crippen LogP contribution in [-0.4, -0.2) is 23.3 Å². The zero-order valence-corrected chi connectivity index (χ0v) is 16.7. The van der Waals surface area contributed by atoms with Crippen LogP contribution >= 0.6 is 11.3 Å². The predicted octanol–water partition coefficient (Wildman–Crippen LogP) is 4.49. The molecule has 0 amide bonds. The summed E-state index contributed by atoms with van der Waals surface area (Å²) in [7, 11) is 0. The van der Waals surface area contributed by atoms with Crippen LogP contribution in [0.4, 0.5) is 16.6 Å². The summed E-state index contributed by atoms with van der Waals surface area (Å²) in [6.45, 7) is 5.98. The zero-order chi connectivity index (χ0) is 20.3. The summed E-state index contributed by atoms with van der Waals surface area (Å²) in [5.41, 5.74) is 9.80. The number of rotatable bonds is 6. The van der Waals surface area contributed by atoms with E-state index in [9.17, 15) is 9.59 Å². The number of hydrogen-bond donors (Lipinski definition) is 2. The van der Waals surface area contributed by atoms with E-state index >= 15 is 0 Å². The second-order valence-corrected chi connectivity index (χ2v) is 7.30. The molecule has 2 aromatic carbocycles. The van der Waals surface area contributed by atoms with Crippen molar-refractivity contribution < 1.29 is 14.3 Å². The van der Waals surface area contributed by atoms with E-state index in [0.717, 1.165) is 16.8 Å². The van der Waals surface area contributed by atoms with Crippen molar-refractivity contribution >= 4 is 39.7 Å². The minimum atomic E-state index is -0.367. The van der Waals surface area contributed by atoms with Crippen LogP contribution in [0.2, 0.25) is 0 Å². The van der Waals surface area contributed by atoms with E-state index in [1.54, 1.807) is 31.2 Å².